The molecular formula is C13H22N4O. The van der Waals surface area contributed by atoms with Crippen molar-refractivity contribution < 1.29 is 4.79 Å². The number of hydrogen-bond acceptors (Lipinski definition) is 3. The third-order valence-electron chi connectivity index (χ3n) is 3.91. The summed E-state index contributed by atoms with van der Waals surface area (Å²) in [7, 11) is 0. The molecule has 5 heteroatoms. The summed E-state index contributed by atoms with van der Waals surface area (Å²) in [6.07, 6.45) is 4.03. The van der Waals surface area contributed by atoms with Crippen LogP contribution in [0.5, 0.6) is 0 Å². The van der Waals surface area contributed by atoms with Crippen LogP contribution in [0.3, 0.4) is 0 Å². The van der Waals surface area contributed by atoms with E-state index in [1.165, 1.54) is 19.3 Å². The molecular weight excluding hydrogens is 228 g/mol. The highest BCUT2D eigenvalue weighted by molar-refractivity contribution is 5.76. The fourth-order valence-corrected chi connectivity index (χ4v) is 2.65. The first-order valence-electron chi connectivity index (χ1n) is 6.73. The van der Waals surface area contributed by atoms with Crippen LogP contribution in [0.1, 0.15) is 63.4 Å². The molecule has 1 aliphatic rings. The van der Waals surface area contributed by atoms with E-state index in [0.29, 0.717) is 17.9 Å². The first-order chi connectivity index (χ1) is 8.50. The second-order valence-electron chi connectivity index (χ2n) is 5.60. The molecule has 2 N–H and O–H groups in total. The van der Waals surface area contributed by atoms with Gasteiger partial charge in [0.05, 0.1) is 23.9 Å². The number of nitrogens with zero attached hydrogens (tertiary/aromatic N) is 3. The van der Waals surface area contributed by atoms with Crippen LogP contribution in [0.15, 0.2) is 0 Å². The van der Waals surface area contributed by atoms with Crippen molar-refractivity contribution in [3.05, 3.63) is 11.4 Å². The van der Waals surface area contributed by atoms with Gasteiger partial charge in [0, 0.05) is 0 Å². The summed E-state index contributed by atoms with van der Waals surface area (Å²) in [5.74, 6) is 0.655. The van der Waals surface area contributed by atoms with Gasteiger partial charge in [-0.1, -0.05) is 25.5 Å². The summed E-state index contributed by atoms with van der Waals surface area (Å²) in [5.41, 5.74) is 7.06. The van der Waals surface area contributed by atoms with Crippen molar-refractivity contribution in [2.75, 3.05) is 0 Å². The van der Waals surface area contributed by atoms with Crippen molar-refractivity contribution in [2.45, 2.75) is 58.4 Å². The number of nitrogens with two attached hydrogens (primary N) is 1. The Bertz CT molecular complexity index is 434. The lowest BCUT2D eigenvalue weighted by molar-refractivity contribution is -0.117. The van der Waals surface area contributed by atoms with Gasteiger partial charge < -0.3 is 5.73 Å². The number of carbonyl (C=O) groups excluding carboxylic acids is 1. The van der Waals surface area contributed by atoms with Gasteiger partial charge in [-0.2, -0.15) is 0 Å². The highest BCUT2D eigenvalue weighted by atomic mass is 16.1. The van der Waals surface area contributed by atoms with Crippen molar-refractivity contribution in [3.8, 4) is 0 Å². The van der Waals surface area contributed by atoms with Gasteiger partial charge in [-0.3, -0.25) is 4.79 Å². The van der Waals surface area contributed by atoms with E-state index in [1.54, 1.807) is 0 Å². The molecule has 1 aliphatic carbocycles. The zero-order valence-corrected chi connectivity index (χ0v) is 11.4. The predicted octanol–water partition coefficient (Wildman–Crippen LogP) is 1.79. The zero-order chi connectivity index (χ0) is 13.3. The second-order valence-corrected chi connectivity index (χ2v) is 5.60. The molecule has 1 atom stereocenters. The van der Waals surface area contributed by atoms with Crippen molar-refractivity contribution in [1.82, 2.24) is 15.0 Å². The molecule has 0 radical (unpaired) electrons. The summed E-state index contributed by atoms with van der Waals surface area (Å²) in [4.78, 5) is 11.1. The van der Waals surface area contributed by atoms with Crippen LogP contribution >= 0.6 is 0 Å². The van der Waals surface area contributed by atoms with Crippen LogP contribution in [-0.2, 0) is 11.2 Å². The largest absolute Gasteiger partial charge is 0.369 e. The summed E-state index contributed by atoms with van der Waals surface area (Å²) in [6.45, 7) is 6.40. The molecule has 1 heterocycles. The van der Waals surface area contributed by atoms with E-state index in [9.17, 15) is 4.79 Å². The number of amides is 1. The SMILES string of the molecule is CC(C)c1c(CC(N)=O)nnn1C(C)C1CCC1. The minimum absolute atomic E-state index is 0.185. The molecule has 0 bridgehead atoms. The number of rotatable bonds is 5. The van der Waals surface area contributed by atoms with Crippen LogP contribution < -0.4 is 5.73 Å². The van der Waals surface area contributed by atoms with Crippen LogP contribution in [0, 0.1) is 5.92 Å². The van der Waals surface area contributed by atoms with Crippen molar-refractivity contribution in [3.63, 3.8) is 0 Å². The van der Waals surface area contributed by atoms with Gasteiger partial charge in [0.15, 0.2) is 0 Å². The maximum Gasteiger partial charge on any atom is 0.223 e. The van der Waals surface area contributed by atoms with E-state index in [2.05, 4.69) is 31.1 Å². The third-order valence-corrected chi connectivity index (χ3v) is 3.91. The van der Waals surface area contributed by atoms with E-state index in [-0.39, 0.29) is 12.3 Å². The molecule has 0 aliphatic heterocycles. The summed E-state index contributed by atoms with van der Waals surface area (Å²) >= 11 is 0. The van der Waals surface area contributed by atoms with E-state index in [0.717, 1.165) is 11.4 Å². The second kappa shape index (κ2) is 5.08. The van der Waals surface area contributed by atoms with Crippen LogP contribution in [-0.4, -0.2) is 20.9 Å². The molecule has 18 heavy (non-hydrogen) atoms. The molecule has 1 unspecified atom stereocenters. The maximum atomic E-state index is 11.1. The zero-order valence-electron chi connectivity index (χ0n) is 11.4. The molecule has 1 fully saturated rings. The number of hydrogen-bond donors (Lipinski definition) is 1. The van der Waals surface area contributed by atoms with Gasteiger partial charge in [0.2, 0.25) is 5.91 Å². The fraction of sp³-hybridized carbons (Fsp3) is 0.769. The Balaban J connectivity index is 2.28. The molecule has 1 amide bonds. The summed E-state index contributed by atoms with van der Waals surface area (Å²) < 4.78 is 2.01. The van der Waals surface area contributed by atoms with Gasteiger partial charge in [-0.25, -0.2) is 4.68 Å². The molecule has 1 aromatic heterocycles. The van der Waals surface area contributed by atoms with E-state index in [1.807, 2.05) is 4.68 Å². The van der Waals surface area contributed by atoms with Gasteiger partial charge in [-0.15, -0.1) is 5.10 Å². The molecule has 5 nitrogen and oxygen atoms in total. The lowest BCUT2D eigenvalue weighted by atomic mass is 9.80. The van der Waals surface area contributed by atoms with Crippen LogP contribution in [0.2, 0.25) is 0 Å². The molecule has 1 saturated carbocycles. The monoisotopic (exact) mass is 250 g/mol. The molecule has 100 valence electrons. The lowest BCUT2D eigenvalue weighted by Crippen LogP contribution is -2.25. The van der Waals surface area contributed by atoms with E-state index < -0.39 is 0 Å². The van der Waals surface area contributed by atoms with E-state index >= 15 is 0 Å². The van der Waals surface area contributed by atoms with Gasteiger partial charge in [-0.05, 0) is 31.6 Å². The molecule has 1 aromatic rings. The standard InChI is InChI=1S/C13H22N4O/c1-8(2)13-11(7-12(14)18)15-16-17(13)9(3)10-5-4-6-10/h8-10H,4-7H2,1-3H3,(H2,14,18). The number of carbonyl (C=O) groups is 1. The normalized spacial score (nSPS) is 17.8. The lowest BCUT2D eigenvalue weighted by Gasteiger charge is -2.32. The molecule has 0 saturated heterocycles. The van der Waals surface area contributed by atoms with Crippen LogP contribution in [0.25, 0.3) is 0 Å². The van der Waals surface area contributed by atoms with E-state index in [4.69, 9.17) is 5.73 Å². The van der Waals surface area contributed by atoms with Gasteiger partial charge in [0.1, 0.15) is 0 Å². The van der Waals surface area contributed by atoms with Crippen molar-refractivity contribution in [1.29, 1.82) is 0 Å². The van der Waals surface area contributed by atoms with Crippen LogP contribution in [0.4, 0.5) is 0 Å². The Kier molecular flexibility index (Phi) is 3.68. The highest BCUT2D eigenvalue weighted by Crippen LogP contribution is 2.37. The minimum Gasteiger partial charge on any atom is -0.369 e. The first-order valence-corrected chi connectivity index (χ1v) is 6.73. The Hall–Kier alpha value is -1.39. The predicted molar refractivity (Wildman–Crippen MR) is 69.1 cm³/mol. The Morgan fingerprint density at radius 2 is 2.11 bits per heavy atom. The highest BCUT2D eigenvalue weighted by Gasteiger charge is 2.29. The topological polar surface area (TPSA) is 73.8 Å². The van der Waals surface area contributed by atoms with Crippen molar-refractivity contribution in [2.24, 2.45) is 11.7 Å². The summed E-state index contributed by atoms with van der Waals surface area (Å²) in [5, 5.41) is 8.40. The number of aromatic nitrogens is 3. The average molecular weight is 250 g/mol. The Morgan fingerprint density at radius 3 is 2.56 bits per heavy atom. The molecule has 0 aromatic carbocycles. The minimum atomic E-state index is -0.347. The smallest absolute Gasteiger partial charge is 0.223 e. The van der Waals surface area contributed by atoms with Gasteiger partial charge in [0.25, 0.3) is 0 Å². The fourth-order valence-electron chi connectivity index (χ4n) is 2.65. The van der Waals surface area contributed by atoms with Crippen molar-refractivity contribution >= 4 is 5.91 Å². The maximum absolute atomic E-state index is 11.1. The Labute approximate surface area is 108 Å². The third kappa shape index (κ3) is 2.40. The van der Waals surface area contributed by atoms with Gasteiger partial charge >= 0.3 is 0 Å². The Morgan fingerprint density at radius 1 is 1.44 bits per heavy atom. The number of primary amides is 1. The summed E-state index contributed by atoms with van der Waals surface area (Å²) in [6, 6.07) is 0.366. The average Bonchev–Trinajstić information content (AvgIpc) is 2.57. The first kappa shape index (κ1) is 13.1. The quantitative estimate of drug-likeness (QED) is 0.865. The molecule has 2 rings (SSSR count). The molecule has 0 spiro atoms.